The van der Waals surface area contributed by atoms with E-state index in [-0.39, 0.29) is 28.5 Å². The summed E-state index contributed by atoms with van der Waals surface area (Å²) in [6.07, 6.45) is 1.31. The third kappa shape index (κ3) is 7.48. The van der Waals surface area contributed by atoms with Crippen LogP contribution in [0.1, 0.15) is 33.6 Å². The molecule has 0 spiro atoms. The van der Waals surface area contributed by atoms with Gasteiger partial charge in [-0.2, -0.15) is 13.1 Å². The number of carbonyl (C=O) groups is 1. The van der Waals surface area contributed by atoms with Gasteiger partial charge in [0.25, 0.3) is 15.9 Å². The third-order valence-electron chi connectivity index (χ3n) is 5.96. The van der Waals surface area contributed by atoms with Crippen molar-refractivity contribution in [3.63, 3.8) is 0 Å². The van der Waals surface area contributed by atoms with Gasteiger partial charge in [-0.25, -0.2) is 8.42 Å². The topological polar surface area (TPSA) is 87.7 Å². The fourth-order valence-corrected chi connectivity index (χ4v) is 6.99. The number of rotatable bonds is 10. The average molecular weight is 570 g/mol. The van der Waals surface area contributed by atoms with E-state index in [1.54, 1.807) is 48.5 Å². The number of sulfonamides is 1. The minimum absolute atomic E-state index is 0.109. The molecule has 7 nitrogen and oxygen atoms in total. The van der Waals surface area contributed by atoms with Gasteiger partial charge in [0.2, 0.25) is 0 Å². The Morgan fingerprint density at radius 3 is 2.35 bits per heavy atom. The zero-order valence-corrected chi connectivity index (χ0v) is 22.1. The Morgan fingerprint density at radius 1 is 1.03 bits per heavy atom. The molecular formula is C25H26ClF2N3O4S2. The fraction of sp³-hybridized carbons (Fsp3) is 0.320. The second kappa shape index (κ2) is 12.3. The summed E-state index contributed by atoms with van der Waals surface area (Å²) < 4.78 is 56.9. The summed E-state index contributed by atoms with van der Waals surface area (Å²) in [5.41, 5.74) is 1.40. The van der Waals surface area contributed by atoms with Gasteiger partial charge in [-0.1, -0.05) is 23.7 Å². The van der Waals surface area contributed by atoms with Crippen molar-refractivity contribution in [2.75, 3.05) is 13.1 Å². The van der Waals surface area contributed by atoms with Crippen LogP contribution >= 0.6 is 22.9 Å². The largest absolute Gasteiger partial charge is 0.435 e. The Kier molecular flexibility index (Phi) is 9.14. The molecule has 2 N–H and O–H groups in total. The molecule has 0 radical (unpaired) electrons. The first kappa shape index (κ1) is 27.5. The van der Waals surface area contributed by atoms with Crippen LogP contribution in [-0.2, 0) is 23.1 Å². The first-order chi connectivity index (χ1) is 17.7. The minimum atomic E-state index is -3.62. The van der Waals surface area contributed by atoms with Crippen LogP contribution in [0.4, 0.5) is 8.78 Å². The summed E-state index contributed by atoms with van der Waals surface area (Å²) in [6.45, 7) is -1.30. The highest BCUT2D eigenvalue weighted by Gasteiger charge is 2.30. The Balaban J connectivity index is 1.24. The quantitative estimate of drug-likeness (QED) is 0.363. The van der Waals surface area contributed by atoms with Crippen LogP contribution in [-0.4, -0.2) is 44.4 Å². The minimum Gasteiger partial charge on any atom is -0.435 e. The van der Waals surface area contributed by atoms with Gasteiger partial charge in [0.15, 0.2) is 0 Å². The molecule has 0 aliphatic carbocycles. The average Bonchev–Trinajstić information content (AvgIpc) is 3.37. The lowest BCUT2D eigenvalue weighted by Crippen LogP contribution is -2.44. The van der Waals surface area contributed by atoms with E-state index in [1.807, 2.05) is 0 Å². The molecule has 1 aliphatic rings. The number of amides is 1. The van der Waals surface area contributed by atoms with Gasteiger partial charge >= 0.3 is 6.61 Å². The first-order valence-corrected chi connectivity index (χ1v) is 14.2. The van der Waals surface area contributed by atoms with Crippen LogP contribution in [0.5, 0.6) is 5.75 Å². The number of piperidine rings is 1. The van der Waals surface area contributed by atoms with Gasteiger partial charge in [-0.3, -0.25) is 4.79 Å². The molecule has 0 unspecified atom stereocenters. The molecule has 1 amide bonds. The standard InChI is InChI=1S/C25H26ClF2N3O4S2/c26-19-5-3-18(4-6-19)24(32)30-16-22-9-10-23(36-22)37(33,34)31-13-11-20(12-14-31)29-15-17-1-7-21(8-2-17)35-25(27)28/h1-10,20,25,29H,11-16H2,(H,30,32). The predicted octanol–water partition coefficient (Wildman–Crippen LogP) is 4.88. The Bertz CT molecular complexity index is 1290. The van der Waals surface area contributed by atoms with Crippen LogP contribution in [0.15, 0.2) is 64.9 Å². The number of benzene rings is 2. The van der Waals surface area contributed by atoms with E-state index in [4.69, 9.17) is 11.6 Å². The number of hydrogen-bond acceptors (Lipinski definition) is 6. The van der Waals surface area contributed by atoms with Crippen LogP contribution in [0.2, 0.25) is 5.02 Å². The van der Waals surface area contributed by atoms with Crippen molar-refractivity contribution in [1.82, 2.24) is 14.9 Å². The predicted molar refractivity (Wildman–Crippen MR) is 139 cm³/mol. The maximum atomic E-state index is 13.1. The second-order valence-corrected chi connectivity index (χ2v) is 12.3. The maximum Gasteiger partial charge on any atom is 0.387 e. The van der Waals surface area contributed by atoms with Crippen molar-refractivity contribution < 1.29 is 26.7 Å². The van der Waals surface area contributed by atoms with E-state index in [9.17, 15) is 22.0 Å². The van der Waals surface area contributed by atoms with Gasteiger partial charge < -0.3 is 15.4 Å². The highest BCUT2D eigenvalue weighted by molar-refractivity contribution is 7.91. The summed E-state index contributed by atoms with van der Waals surface area (Å²) in [5, 5.41) is 6.74. The summed E-state index contributed by atoms with van der Waals surface area (Å²) >= 11 is 7.00. The van der Waals surface area contributed by atoms with E-state index in [2.05, 4.69) is 15.4 Å². The van der Waals surface area contributed by atoms with Crippen LogP contribution in [0.25, 0.3) is 0 Å². The number of nitrogens with zero attached hydrogens (tertiary/aromatic N) is 1. The smallest absolute Gasteiger partial charge is 0.387 e. The van der Waals surface area contributed by atoms with Crippen LogP contribution in [0.3, 0.4) is 0 Å². The van der Waals surface area contributed by atoms with E-state index < -0.39 is 16.6 Å². The lowest BCUT2D eigenvalue weighted by atomic mass is 10.1. The van der Waals surface area contributed by atoms with E-state index in [0.717, 1.165) is 21.8 Å². The Labute approximate surface area is 223 Å². The molecular weight excluding hydrogens is 544 g/mol. The number of alkyl halides is 2. The molecule has 37 heavy (non-hydrogen) atoms. The number of thiophene rings is 1. The summed E-state index contributed by atoms with van der Waals surface area (Å²) in [5.74, 6) is -0.153. The molecule has 1 saturated heterocycles. The maximum absolute atomic E-state index is 13.1. The Hall–Kier alpha value is -2.57. The zero-order chi connectivity index (χ0) is 26.4. The number of halogens is 3. The molecule has 0 atom stereocenters. The van der Waals surface area contributed by atoms with Gasteiger partial charge in [0.1, 0.15) is 9.96 Å². The normalized spacial score (nSPS) is 15.1. The highest BCUT2D eigenvalue weighted by atomic mass is 35.5. The van der Waals surface area contributed by atoms with Gasteiger partial charge in [-0.15, -0.1) is 11.3 Å². The molecule has 4 rings (SSSR count). The number of hydrogen-bond donors (Lipinski definition) is 2. The molecule has 0 saturated carbocycles. The second-order valence-electron chi connectivity index (χ2n) is 8.49. The molecule has 198 valence electrons. The number of carbonyl (C=O) groups excluding carboxylic acids is 1. The van der Waals surface area contributed by atoms with Crippen molar-refractivity contribution in [2.45, 2.75) is 42.8 Å². The monoisotopic (exact) mass is 569 g/mol. The molecule has 1 aromatic heterocycles. The van der Waals surface area contributed by atoms with E-state index in [0.29, 0.717) is 43.1 Å². The van der Waals surface area contributed by atoms with Crippen LogP contribution in [0, 0.1) is 0 Å². The molecule has 3 aromatic rings. The van der Waals surface area contributed by atoms with Crippen LogP contribution < -0.4 is 15.4 Å². The van der Waals surface area contributed by atoms with E-state index >= 15 is 0 Å². The Morgan fingerprint density at radius 2 is 1.70 bits per heavy atom. The van der Waals surface area contributed by atoms with Crippen molar-refractivity contribution in [3.8, 4) is 5.75 Å². The van der Waals surface area contributed by atoms with Crippen molar-refractivity contribution >= 4 is 38.9 Å². The zero-order valence-electron chi connectivity index (χ0n) is 19.7. The molecule has 12 heteroatoms. The third-order valence-corrected chi connectivity index (χ3v) is 9.66. The van der Waals surface area contributed by atoms with E-state index in [1.165, 1.54) is 16.4 Å². The molecule has 1 aliphatic heterocycles. The van der Waals surface area contributed by atoms with Crippen molar-refractivity contribution in [3.05, 3.63) is 81.7 Å². The van der Waals surface area contributed by atoms with Gasteiger partial charge in [-0.05, 0) is 66.9 Å². The number of ether oxygens (including phenoxy) is 1. The lowest BCUT2D eigenvalue weighted by molar-refractivity contribution is -0.0498. The van der Waals surface area contributed by atoms with Gasteiger partial charge in [0, 0.05) is 41.1 Å². The molecule has 1 fully saturated rings. The number of nitrogens with one attached hydrogen (secondary N) is 2. The van der Waals surface area contributed by atoms with Crippen molar-refractivity contribution in [2.24, 2.45) is 0 Å². The summed E-state index contributed by atoms with van der Waals surface area (Å²) in [6, 6.07) is 16.4. The lowest BCUT2D eigenvalue weighted by Gasteiger charge is -2.31. The highest BCUT2D eigenvalue weighted by Crippen LogP contribution is 2.27. The molecule has 0 bridgehead atoms. The molecule has 2 aromatic carbocycles. The van der Waals surface area contributed by atoms with Gasteiger partial charge in [0.05, 0.1) is 6.54 Å². The SMILES string of the molecule is O=C(NCc1ccc(S(=O)(=O)N2CCC(NCc3ccc(OC(F)F)cc3)CC2)s1)c1ccc(Cl)cc1. The summed E-state index contributed by atoms with van der Waals surface area (Å²) in [4.78, 5) is 13.0. The molecule has 2 heterocycles. The summed E-state index contributed by atoms with van der Waals surface area (Å²) in [7, 11) is -3.62. The van der Waals surface area contributed by atoms with Crippen molar-refractivity contribution in [1.29, 1.82) is 0 Å². The first-order valence-electron chi connectivity index (χ1n) is 11.6. The fourth-order valence-electron chi connectivity index (χ4n) is 3.94.